The summed E-state index contributed by atoms with van der Waals surface area (Å²) >= 11 is 0. The quantitative estimate of drug-likeness (QED) is 0.768. The Bertz CT molecular complexity index is 836. The maximum Gasteiger partial charge on any atom is 0.387 e. The molecular formula is C18H22F2N4O4. The van der Waals surface area contributed by atoms with Gasteiger partial charge < -0.3 is 19.6 Å². The Hall–Kier alpha value is -2.75. The fourth-order valence-corrected chi connectivity index (χ4v) is 4.03. The van der Waals surface area contributed by atoms with Gasteiger partial charge in [0, 0.05) is 31.1 Å². The number of halogens is 2. The Morgan fingerprint density at radius 1 is 1.43 bits per heavy atom. The number of fused-ring (bicyclic) bond motifs is 4. The molecule has 1 atom stereocenters. The summed E-state index contributed by atoms with van der Waals surface area (Å²) in [5.41, 5.74) is 0.821. The molecule has 3 fully saturated rings. The molecule has 1 aromatic heterocycles. The van der Waals surface area contributed by atoms with Gasteiger partial charge in [-0.25, -0.2) is 0 Å². The van der Waals surface area contributed by atoms with Crippen LogP contribution in [0, 0.1) is 5.92 Å². The molecule has 2 bridgehead atoms. The number of amides is 1. The van der Waals surface area contributed by atoms with Crippen LogP contribution in [0.1, 0.15) is 23.3 Å². The lowest BCUT2D eigenvalue weighted by Crippen LogP contribution is -2.57. The molecule has 3 aliphatic rings. The molecule has 1 amide bonds. The van der Waals surface area contributed by atoms with Crippen molar-refractivity contribution in [1.29, 1.82) is 0 Å². The first-order valence-electron chi connectivity index (χ1n) is 8.95. The minimum Gasteiger partial charge on any atom is -0.483 e. The van der Waals surface area contributed by atoms with Crippen molar-refractivity contribution in [2.75, 3.05) is 26.7 Å². The highest BCUT2D eigenvalue weighted by molar-refractivity contribution is 6.04. The molecule has 2 N–H and O–H groups in total. The van der Waals surface area contributed by atoms with Crippen LogP contribution >= 0.6 is 0 Å². The van der Waals surface area contributed by atoms with Gasteiger partial charge in [-0.2, -0.15) is 13.9 Å². The van der Waals surface area contributed by atoms with E-state index in [1.165, 1.54) is 12.1 Å². The minimum absolute atomic E-state index is 0.0379. The van der Waals surface area contributed by atoms with E-state index >= 15 is 0 Å². The van der Waals surface area contributed by atoms with Crippen LogP contribution in [0.3, 0.4) is 0 Å². The first-order chi connectivity index (χ1) is 13.4. The average molecular weight is 396 g/mol. The monoisotopic (exact) mass is 396 g/mol. The zero-order chi connectivity index (χ0) is 20.3. The van der Waals surface area contributed by atoms with E-state index in [0.29, 0.717) is 22.5 Å². The predicted octanol–water partition coefficient (Wildman–Crippen LogP) is 2.03. The molecule has 0 aliphatic carbocycles. The fourth-order valence-electron chi connectivity index (χ4n) is 4.03. The summed E-state index contributed by atoms with van der Waals surface area (Å²) in [4.78, 5) is 25.5. The molecule has 28 heavy (non-hydrogen) atoms. The summed E-state index contributed by atoms with van der Waals surface area (Å²) in [6, 6.07) is 4.64. The Labute approximate surface area is 160 Å². The number of rotatable bonds is 4. The van der Waals surface area contributed by atoms with Gasteiger partial charge in [-0.1, -0.05) is 0 Å². The highest BCUT2D eigenvalue weighted by Crippen LogP contribution is 2.31. The summed E-state index contributed by atoms with van der Waals surface area (Å²) in [5.74, 6) is 0.429. The zero-order valence-corrected chi connectivity index (χ0v) is 15.3. The van der Waals surface area contributed by atoms with Crippen LogP contribution in [0.4, 0.5) is 8.78 Å². The number of carboxylic acid groups (broad SMARTS) is 1. The van der Waals surface area contributed by atoms with Gasteiger partial charge in [0.1, 0.15) is 5.75 Å². The highest BCUT2D eigenvalue weighted by Gasteiger charge is 2.38. The van der Waals surface area contributed by atoms with Crippen molar-refractivity contribution in [3.8, 4) is 5.75 Å². The number of hydrogen-bond donors (Lipinski definition) is 2. The second kappa shape index (κ2) is 8.51. The van der Waals surface area contributed by atoms with E-state index in [4.69, 9.17) is 9.90 Å². The summed E-state index contributed by atoms with van der Waals surface area (Å²) in [6.07, 6.45) is 2.25. The van der Waals surface area contributed by atoms with Crippen molar-refractivity contribution >= 4 is 23.3 Å². The van der Waals surface area contributed by atoms with E-state index in [-0.39, 0.29) is 24.2 Å². The van der Waals surface area contributed by atoms with E-state index < -0.39 is 6.61 Å². The van der Waals surface area contributed by atoms with Gasteiger partial charge in [-0.05, 0) is 44.0 Å². The molecule has 152 valence electrons. The van der Waals surface area contributed by atoms with Crippen molar-refractivity contribution in [2.24, 2.45) is 5.92 Å². The highest BCUT2D eigenvalue weighted by atomic mass is 19.3. The number of alkyl halides is 2. The number of aromatic amines is 1. The normalized spacial score (nSPS) is 23.2. The van der Waals surface area contributed by atoms with Crippen LogP contribution < -0.4 is 4.74 Å². The molecule has 0 saturated carbocycles. The number of benzene rings is 1. The predicted molar refractivity (Wildman–Crippen MR) is 96.5 cm³/mol. The number of carbonyl (C=O) groups is 2. The number of aromatic nitrogens is 2. The van der Waals surface area contributed by atoms with Gasteiger partial charge in [0.05, 0.1) is 5.52 Å². The Morgan fingerprint density at radius 2 is 2.11 bits per heavy atom. The third-order valence-corrected chi connectivity index (χ3v) is 5.40. The number of hydrogen-bond acceptors (Lipinski definition) is 5. The number of nitrogens with one attached hydrogen (secondary N) is 1. The number of piperidine rings is 3. The maximum atomic E-state index is 12.9. The zero-order valence-electron chi connectivity index (χ0n) is 15.3. The number of nitrogens with zero attached hydrogens (tertiary/aromatic N) is 3. The van der Waals surface area contributed by atoms with Gasteiger partial charge in [0.25, 0.3) is 12.4 Å². The van der Waals surface area contributed by atoms with Crippen LogP contribution in [0.5, 0.6) is 5.75 Å². The molecule has 4 heterocycles. The summed E-state index contributed by atoms with van der Waals surface area (Å²) in [7, 11) is 1.82. The Balaban J connectivity index is 0.000000706. The van der Waals surface area contributed by atoms with Crippen molar-refractivity contribution in [1.82, 2.24) is 20.0 Å². The number of carbonyl (C=O) groups excluding carboxylic acids is 1. The van der Waals surface area contributed by atoms with E-state index in [2.05, 4.69) is 19.8 Å². The largest absolute Gasteiger partial charge is 0.483 e. The summed E-state index contributed by atoms with van der Waals surface area (Å²) < 4.78 is 29.0. The third kappa shape index (κ3) is 4.06. The van der Waals surface area contributed by atoms with Crippen molar-refractivity contribution < 1.29 is 28.2 Å². The van der Waals surface area contributed by atoms with Gasteiger partial charge >= 0.3 is 6.61 Å². The van der Waals surface area contributed by atoms with Gasteiger partial charge in [-0.15, -0.1) is 0 Å². The third-order valence-electron chi connectivity index (χ3n) is 5.40. The fraction of sp³-hybridized carbons (Fsp3) is 0.500. The van der Waals surface area contributed by atoms with Gasteiger partial charge in [-0.3, -0.25) is 14.7 Å². The lowest BCUT2D eigenvalue weighted by Gasteiger charge is -2.47. The Morgan fingerprint density at radius 3 is 2.68 bits per heavy atom. The van der Waals surface area contributed by atoms with Crippen molar-refractivity contribution in [3.05, 3.63) is 23.9 Å². The lowest BCUT2D eigenvalue weighted by molar-refractivity contribution is -0.122. The lowest BCUT2D eigenvalue weighted by atomic mass is 9.83. The number of H-pyrrole nitrogens is 1. The smallest absolute Gasteiger partial charge is 0.387 e. The minimum atomic E-state index is -2.88. The van der Waals surface area contributed by atoms with Crippen LogP contribution in [-0.4, -0.2) is 76.8 Å². The van der Waals surface area contributed by atoms with E-state index in [1.54, 1.807) is 11.0 Å². The Kier molecular flexibility index (Phi) is 6.08. The van der Waals surface area contributed by atoms with Gasteiger partial charge in [0.2, 0.25) is 0 Å². The molecule has 1 aromatic carbocycles. The molecule has 5 rings (SSSR count). The number of ether oxygens (including phenoxy) is 1. The van der Waals surface area contributed by atoms with Crippen molar-refractivity contribution in [2.45, 2.75) is 25.5 Å². The second-order valence-corrected chi connectivity index (χ2v) is 6.88. The van der Waals surface area contributed by atoms with Crippen LogP contribution in [0.15, 0.2) is 18.2 Å². The molecule has 0 spiro atoms. The van der Waals surface area contributed by atoms with Gasteiger partial charge in [0.15, 0.2) is 5.69 Å². The van der Waals surface area contributed by atoms with Crippen LogP contribution in [0.2, 0.25) is 0 Å². The molecule has 0 radical (unpaired) electrons. The average Bonchev–Trinajstić information content (AvgIpc) is 3.11. The first-order valence-corrected chi connectivity index (χ1v) is 8.95. The van der Waals surface area contributed by atoms with E-state index in [0.717, 1.165) is 32.5 Å². The topological polar surface area (TPSA) is 98.8 Å². The molecule has 2 aromatic rings. The van der Waals surface area contributed by atoms with Crippen molar-refractivity contribution in [3.63, 3.8) is 0 Å². The molecule has 3 saturated heterocycles. The summed E-state index contributed by atoms with van der Waals surface area (Å²) in [6.45, 7) is -0.00538. The first kappa shape index (κ1) is 20.0. The number of likely N-dealkylation sites (N-methyl/N-ethyl adjacent to an activating group) is 1. The molecule has 3 aliphatic heterocycles. The molecular weight excluding hydrogens is 374 g/mol. The molecule has 10 heteroatoms. The maximum absolute atomic E-state index is 12.9. The standard InChI is InChI=1S/C17H20F2N4O2.CH2O2/c1-22(14-9-23-6-4-10(14)5-7-23)16(24)15-12-3-2-11(25-17(18)19)8-13(12)20-21-15;2-1-3/h2-3,8,10,14,17H,4-7,9H2,1H3,(H,20,21);1H,(H,2,3)/t14-;/m0./s1. The van der Waals surface area contributed by atoms with E-state index in [1.807, 2.05) is 7.05 Å². The second-order valence-electron chi connectivity index (χ2n) is 6.88. The SMILES string of the molecule is CN(C(=O)c1n[nH]c2cc(OC(F)F)ccc12)[C@H]1CN2CCC1CC2.O=CO. The molecule has 0 unspecified atom stereocenters. The summed E-state index contributed by atoms with van der Waals surface area (Å²) in [5, 5.41) is 14.4. The van der Waals surface area contributed by atoms with E-state index in [9.17, 15) is 13.6 Å². The van der Waals surface area contributed by atoms with Crippen LogP contribution in [0.25, 0.3) is 10.9 Å². The van der Waals surface area contributed by atoms with Crippen LogP contribution in [-0.2, 0) is 4.79 Å². The molecule has 8 nitrogen and oxygen atoms in total.